The molecule has 1 aliphatic carbocycles. The number of rotatable bonds is 4. The van der Waals surface area contributed by atoms with Gasteiger partial charge in [0, 0.05) is 29.8 Å². The van der Waals surface area contributed by atoms with Crippen molar-refractivity contribution in [2.24, 2.45) is 5.92 Å². The van der Waals surface area contributed by atoms with E-state index in [2.05, 4.69) is 0 Å². The standard InChI is InChI=1S/C18H23ClN2O2S/c1-11(2)20(3)18(23)16-9-24-10-21(16)17(22)15-8-14(15)12-5-4-6-13(19)7-12/h4-7,11,14-16H,8-10H2,1-3H3/t14-,15-,16+/m1/s1. The minimum atomic E-state index is -0.324. The summed E-state index contributed by atoms with van der Waals surface area (Å²) in [7, 11) is 1.81. The Balaban J connectivity index is 1.68. The molecule has 3 atom stereocenters. The predicted octanol–water partition coefficient (Wildman–Crippen LogP) is 3.21. The molecule has 0 bridgehead atoms. The van der Waals surface area contributed by atoms with Crippen molar-refractivity contribution >= 4 is 35.2 Å². The fourth-order valence-electron chi connectivity index (χ4n) is 3.14. The fraction of sp³-hybridized carbons (Fsp3) is 0.556. The number of halogens is 1. The van der Waals surface area contributed by atoms with E-state index in [1.54, 1.807) is 21.6 Å². The van der Waals surface area contributed by atoms with Crippen LogP contribution in [-0.4, -0.2) is 52.4 Å². The van der Waals surface area contributed by atoms with Gasteiger partial charge in [-0.2, -0.15) is 0 Å². The molecule has 130 valence electrons. The second kappa shape index (κ2) is 6.96. The van der Waals surface area contributed by atoms with Crippen LogP contribution in [0.5, 0.6) is 0 Å². The fourth-order valence-corrected chi connectivity index (χ4v) is 4.49. The normalized spacial score (nSPS) is 25.9. The molecule has 1 heterocycles. The summed E-state index contributed by atoms with van der Waals surface area (Å²) in [5.41, 5.74) is 1.12. The van der Waals surface area contributed by atoms with Crippen molar-refractivity contribution in [3.63, 3.8) is 0 Å². The van der Waals surface area contributed by atoms with Gasteiger partial charge in [-0.15, -0.1) is 11.8 Å². The average molecular weight is 367 g/mol. The van der Waals surface area contributed by atoms with Crippen LogP contribution in [0.2, 0.25) is 5.02 Å². The van der Waals surface area contributed by atoms with Gasteiger partial charge in [-0.1, -0.05) is 23.7 Å². The molecule has 1 aromatic carbocycles. The second-order valence-electron chi connectivity index (χ2n) is 6.87. The van der Waals surface area contributed by atoms with Crippen LogP contribution in [0.25, 0.3) is 0 Å². The Labute approximate surface area is 152 Å². The first-order chi connectivity index (χ1) is 11.4. The van der Waals surface area contributed by atoms with Gasteiger partial charge in [0.2, 0.25) is 11.8 Å². The highest BCUT2D eigenvalue weighted by atomic mass is 35.5. The molecule has 1 saturated carbocycles. The first-order valence-electron chi connectivity index (χ1n) is 8.30. The van der Waals surface area contributed by atoms with Crippen molar-refractivity contribution in [2.75, 3.05) is 18.7 Å². The highest BCUT2D eigenvalue weighted by molar-refractivity contribution is 7.99. The minimum Gasteiger partial charge on any atom is -0.342 e. The summed E-state index contributed by atoms with van der Waals surface area (Å²) in [5, 5.41) is 0.703. The average Bonchev–Trinajstić information content (AvgIpc) is 3.21. The first kappa shape index (κ1) is 17.6. The summed E-state index contributed by atoms with van der Waals surface area (Å²) in [5.74, 6) is 1.68. The maximum atomic E-state index is 12.9. The molecular weight excluding hydrogens is 344 g/mol. The topological polar surface area (TPSA) is 40.6 Å². The van der Waals surface area contributed by atoms with E-state index in [1.165, 1.54) is 0 Å². The van der Waals surface area contributed by atoms with E-state index in [9.17, 15) is 9.59 Å². The molecule has 2 aliphatic rings. The number of thioether (sulfide) groups is 1. The molecule has 0 unspecified atom stereocenters. The lowest BCUT2D eigenvalue weighted by Crippen LogP contribution is -2.50. The molecule has 2 amide bonds. The molecule has 24 heavy (non-hydrogen) atoms. The minimum absolute atomic E-state index is 0.0122. The number of hydrogen-bond donors (Lipinski definition) is 0. The third kappa shape index (κ3) is 3.42. The van der Waals surface area contributed by atoms with Gasteiger partial charge in [-0.25, -0.2) is 0 Å². The van der Waals surface area contributed by atoms with Gasteiger partial charge >= 0.3 is 0 Å². The van der Waals surface area contributed by atoms with Crippen molar-refractivity contribution in [1.82, 2.24) is 9.80 Å². The van der Waals surface area contributed by atoms with Crippen LogP contribution in [-0.2, 0) is 9.59 Å². The van der Waals surface area contributed by atoms with Crippen molar-refractivity contribution < 1.29 is 9.59 Å². The molecule has 1 aliphatic heterocycles. The van der Waals surface area contributed by atoms with Crippen molar-refractivity contribution in [3.8, 4) is 0 Å². The summed E-state index contributed by atoms with van der Waals surface area (Å²) in [6.07, 6.45) is 0.848. The van der Waals surface area contributed by atoms with Gasteiger partial charge in [-0.05, 0) is 43.9 Å². The Morgan fingerprint density at radius 3 is 2.79 bits per heavy atom. The highest BCUT2D eigenvalue weighted by Gasteiger charge is 2.49. The van der Waals surface area contributed by atoms with E-state index in [0.29, 0.717) is 16.7 Å². The van der Waals surface area contributed by atoms with Gasteiger partial charge in [0.1, 0.15) is 6.04 Å². The van der Waals surface area contributed by atoms with Crippen molar-refractivity contribution in [3.05, 3.63) is 34.9 Å². The van der Waals surface area contributed by atoms with Crippen molar-refractivity contribution in [1.29, 1.82) is 0 Å². The summed E-state index contributed by atoms with van der Waals surface area (Å²) in [4.78, 5) is 29.0. The molecule has 1 aromatic rings. The number of hydrogen-bond acceptors (Lipinski definition) is 3. The third-order valence-corrected chi connectivity index (χ3v) is 6.20. The van der Waals surface area contributed by atoms with E-state index in [4.69, 9.17) is 11.6 Å². The van der Waals surface area contributed by atoms with Crippen LogP contribution in [0.15, 0.2) is 24.3 Å². The Kier molecular flexibility index (Phi) is 5.11. The van der Waals surface area contributed by atoms with E-state index >= 15 is 0 Å². The summed E-state index contributed by atoms with van der Waals surface area (Å²) in [6, 6.07) is 7.55. The molecule has 0 N–H and O–H groups in total. The van der Waals surface area contributed by atoms with E-state index in [1.807, 2.05) is 45.2 Å². The zero-order chi connectivity index (χ0) is 17.4. The largest absolute Gasteiger partial charge is 0.342 e. The zero-order valence-corrected chi connectivity index (χ0v) is 15.8. The lowest BCUT2D eigenvalue weighted by molar-refractivity contribution is -0.144. The van der Waals surface area contributed by atoms with Gasteiger partial charge < -0.3 is 9.80 Å². The molecule has 0 aromatic heterocycles. The second-order valence-corrected chi connectivity index (χ2v) is 8.31. The lowest BCUT2D eigenvalue weighted by Gasteiger charge is -2.29. The Morgan fingerprint density at radius 2 is 2.12 bits per heavy atom. The Hall–Kier alpha value is -1.20. The smallest absolute Gasteiger partial charge is 0.246 e. The number of amides is 2. The Morgan fingerprint density at radius 1 is 1.38 bits per heavy atom. The molecular formula is C18H23ClN2O2S. The third-order valence-electron chi connectivity index (χ3n) is 4.96. The van der Waals surface area contributed by atoms with Gasteiger partial charge in [0.15, 0.2) is 0 Å². The number of carbonyl (C=O) groups excluding carboxylic acids is 2. The van der Waals surface area contributed by atoms with Gasteiger partial charge in [0.25, 0.3) is 0 Å². The first-order valence-corrected chi connectivity index (χ1v) is 9.83. The maximum absolute atomic E-state index is 12.9. The zero-order valence-electron chi connectivity index (χ0n) is 14.2. The highest BCUT2D eigenvalue weighted by Crippen LogP contribution is 2.49. The maximum Gasteiger partial charge on any atom is 0.246 e. The molecule has 6 heteroatoms. The molecule has 2 fully saturated rings. The van der Waals surface area contributed by atoms with Crippen molar-refractivity contribution in [2.45, 2.75) is 38.3 Å². The monoisotopic (exact) mass is 366 g/mol. The summed E-state index contributed by atoms with van der Waals surface area (Å²) >= 11 is 7.71. The Bertz CT molecular complexity index is 652. The predicted molar refractivity (Wildman–Crippen MR) is 98.2 cm³/mol. The van der Waals surface area contributed by atoms with E-state index in [0.717, 1.165) is 12.0 Å². The number of likely N-dealkylation sites (N-methyl/N-ethyl adjacent to an activating group) is 1. The van der Waals surface area contributed by atoms with Crippen LogP contribution in [0.1, 0.15) is 31.7 Å². The van der Waals surface area contributed by atoms with Crippen LogP contribution in [0, 0.1) is 5.92 Å². The SMILES string of the molecule is CC(C)N(C)C(=O)[C@@H]1CSCN1C(=O)[C@@H]1C[C@@H]1c1cccc(Cl)c1. The van der Waals surface area contributed by atoms with Gasteiger partial charge in [0.05, 0.1) is 5.88 Å². The van der Waals surface area contributed by atoms with Crippen LogP contribution < -0.4 is 0 Å². The van der Waals surface area contributed by atoms with Gasteiger partial charge in [-0.3, -0.25) is 9.59 Å². The molecule has 1 saturated heterocycles. The summed E-state index contributed by atoms with van der Waals surface area (Å²) < 4.78 is 0. The number of nitrogens with zero attached hydrogens (tertiary/aromatic N) is 2. The summed E-state index contributed by atoms with van der Waals surface area (Å²) in [6.45, 7) is 3.98. The van der Waals surface area contributed by atoms with Crippen LogP contribution >= 0.6 is 23.4 Å². The number of carbonyl (C=O) groups is 2. The molecule has 3 rings (SSSR count). The quantitative estimate of drug-likeness (QED) is 0.821. The lowest BCUT2D eigenvalue weighted by atomic mass is 10.1. The van der Waals surface area contributed by atoms with Crippen LogP contribution in [0.4, 0.5) is 0 Å². The van der Waals surface area contributed by atoms with E-state index in [-0.39, 0.29) is 35.7 Å². The van der Waals surface area contributed by atoms with Crippen LogP contribution in [0.3, 0.4) is 0 Å². The molecule has 0 radical (unpaired) electrons. The van der Waals surface area contributed by atoms with E-state index < -0.39 is 0 Å². The molecule has 4 nitrogen and oxygen atoms in total. The molecule has 0 spiro atoms. The number of benzene rings is 1.